The highest BCUT2D eigenvalue weighted by atomic mass is 35.5. The molecule has 1 aliphatic rings. The van der Waals surface area contributed by atoms with Gasteiger partial charge < -0.3 is 0 Å². The van der Waals surface area contributed by atoms with Crippen LogP contribution in [0, 0.1) is 0 Å². The van der Waals surface area contributed by atoms with E-state index in [9.17, 15) is 0 Å². The van der Waals surface area contributed by atoms with Crippen LogP contribution in [0.1, 0.15) is 30.5 Å². The van der Waals surface area contributed by atoms with Crippen LogP contribution in [-0.2, 0) is 19.9 Å². The molecule has 3 heteroatoms. The van der Waals surface area contributed by atoms with Gasteiger partial charge in [-0.1, -0.05) is 18.0 Å². The topological polar surface area (TPSA) is 17.8 Å². The molecule has 0 spiro atoms. The van der Waals surface area contributed by atoms with Gasteiger partial charge in [-0.05, 0) is 25.7 Å². The third-order valence-corrected chi connectivity index (χ3v) is 2.87. The van der Waals surface area contributed by atoms with E-state index in [2.05, 4.69) is 5.10 Å². The summed E-state index contributed by atoms with van der Waals surface area (Å²) in [6, 6.07) is 0. The molecule has 0 N–H and O–H groups in total. The first-order valence-electron chi connectivity index (χ1n) is 4.49. The molecule has 1 aliphatic carbocycles. The van der Waals surface area contributed by atoms with Gasteiger partial charge >= 0.3 is 0 Å². The van der Waals surface area contributed by atoms with Gasteiger partial charge in [0.25, 0.3) is 0 Å². The lowest BCUT2D eigenvalue weighted by Crippen LogP contribution is -1.98. The molecule has 1 aromatic rings. The number of halogens is 1. The molecular formula is C9H13ClN2. The Bertz CT molecular complexity index is 264. The Morgan fingerprint density at radius 3 is 2.83 bits per heavy atom. The standard InChI is InChI=1S/C9H13ClN2/c1-12-8-6-4-2-3-5-7(8)9(10)11-12/h2-6H2,1H3. The molecule has 0 radical (unpaired) electrons. The molecule has 66 valence electrons. The van der Waals surface area contributed by atoms with Crippen LogP contribution in [0.3, 0.4) is 0 Å². The third-order valence-electron chi connectivity index (χ3n) is 2.57. The fourth-order valence-corrected chi connectivity index (χ4v) is 2.21. The van der Waals surface area contributed by atoms with E-state index < -0.39 is 0 Å². The lowest BCUT2D eigenvalue weighted by Gasteiger charge is -1.99. The van der Waals surface area contributed by atoms with Gasteiger partial charge in [0.1, 0.15) is 0 Å². The second-order valence-corrected chi connectivity index (χ2v) is 3.76. The Balaban J connectivity index is 2.44. The maximum absolute atomic E-state index is 6.00. The minimum atomic E-state index is 0.717. The van der Waals surface area contributed by atoms with Crippen LogP contribution in [0.5, 0.6) is 0 Å². The van der Waals surface area contributed by atoms with Gasteiger partial charge in [-0.25, -0.2) is 0 Å². The fourth-order valence-electron chi connectivity index (χ4n) is 1.90. The van der Waals surface area contributed by atoms with Crippen molar-refractivity contribution in [1.82, 2.24) is 9.78 Å². The highest BCUT2D eigenvalue weighted by Gasteiger charge is 2.16. The monoisotopic (exact) mass is 184 g/mol. The van der Waals surface area contributed by atoms with Crippen LogP contribution < -0.4 is 0 Å². The Morgan fingerprint density at radius 1 is 1.25 bits per heavy atom. The number of fused-ring (bicyclic) bond motifs is 1. The molecule has 12 heavy (non-hydrogen) atoms. The van der Waals surface area contributed by atoms with Gasteiger partial charge in [0, 0.05) is 18.3 Å². The number of nitrogens with zero attached hydrogens (tertiary/aromatic N) is 2. The average Bonchev–Trinajstić information content (AvgIpc) is 2.29. The SMILES string of the molecule is Cn1nc(Cl)c2c1CCCCC2. The molecule has 0 saturated carbocycles. The molecule has 1 heterocycles. The number of hydrogen-bond donors (Lipinski definition) is 0. The zero-order valence-corrected chi connectivity index (χ0v) is 8.06. The molecule has 2 nitrogen and oxygen atoms in total. The summed E-state index contributed by atoms with van der Waals surface area (Å²) < 4.78 is 1.93. The van der Waals surface area contributed by atoms with E-state index in [1.54, 1.807) is 0 Å². The molecule has 0 unspecified atom stereocenters. The van der Waals surface area contributed by atoms with Crippen molar-refractivity contribution in [3.05, 3.63) is 16.4 Å². The maximum atomic E-state index is 6.00. The van der Waals surface area contributed by atoms with E-state index in [-0.39, 0.29) is 0 Å². The normalized spacial score (nSPS) is 17.2. The average molecular weight is 185 g/mol. The highest BCUT2D eigenvalue weighted by Crippen LogP contribution is 2.25. The Morgan fingerprint density at radius 2 is 2.00 bits per heavy atom. The van der Waals surface area contributed by atoms with Crippen molar-refractivity contribution >= 4 is 11.6 Å². The van der Waals surface area contributed by atoms with Crippen molar-refractivity contribution in [3.8, 4) is 0 Å². The smallest absolute Gasteiger partial charge is 0.154 e. The van der Waals surface area contributed by atoms with Crippen LogP contribution in [0.2, 0.25) is 5.15 Å². The molecule has 0 bridgehead atoms. The van der Waals surface area contributed by atoms with Crippen molar-refractivity contribution in [1.29, 1.82) is 0 Å². The first kappa shape index (κ1) is 8.11. The summed E-state index contributed by atoms with van der Waals surface area (Å²) in [6.45, 7) is 0. The third kappa shape index (κ3) is 1.24. The number of aryl methyl sites for hydroxylation is 1. The van der Waals surface area contributed by atoms with Gasteiger partial charge in [-0.15, -0.1) is 0 Å². The summed E-state index contributed by atoms with van der Waals surface area (Å²) in [5.74, 6) is 0. The zero-order chi connectivity index (χ0) is 8.55. The molecule has 0 saturated heterocycles. The van der Waals surface area contributed by atoms with Crippen LogP contribution in [0.25, 0.3) is 0 Å². The number of aromatic nitrogens is 2. The van der Waals surface area contributed by atoms with Crippen molar-refractivity contribution in [3.63, 3.8) is 0 Å². The summed E-state index contributed by atoms with van der Waals surface area (Å²) in [5, 5.41) is 4.93. The lowest BCUT2D eigenvalue weighted by atomic mass is 10.1. The van der Waals surface area contributed by atoms with Crippen LogP contribution >= 0.6 is 11.6 Å². The molecule has 2 rings (SSSR count). The maximum Gasteiger partial charge on any atom is 0.154 e. The minimum absolute atomic E-state index is 0.717. The molecule has 0 amide bonds. The van der Waals surface area contributed by atoms with Gasteiger partial charge in [-0.2, -0.15) is 5.10 Å². The quantitative estimate of drug-likeness (QED) is 0.566. The van der Waals surface area contributed by atoms with Crippen molar-refractivity contribution in [2.75, 3.05) is 0 Å². The summed E-state index contributed by atoms with van der Waals surface area (Å²) in [5.41, 5.74) is 2.63. The first-order valence-corrected chi connectivity index (χ1v) is 4.87. The van der Waals surface area contributed by atoms with Crippen molar-refractivity contribution < 1.29 is 0 Å². The van der Waals surface area contributed by atoms with E-state index in [1.165, 1.54) is 30.5 Å². The lowest BCUT2D eigenvalue weighted by molar-refractivity contribution is 0.662. The van der Waals surface area contributed by atoms with Crippen molar-refractivity contribution in [2.24, 2.45) is 7.05 Å². The van der Waals surface area contributed by atoms with Crippen molar-refractivity contribution in [2.45, 2.75) is 32.1 Å². The van der Waals surface area contributed by atoms with Gasteiger partial charge in [-0.3, -0.25) is 4.68 Å². The second-order valence-electron chi connectivity index (χ2n) is 3.40. The molecule has 0 aromatic carbocycles. The van der Waals surface area contributed by atoms with E-state index in [0.29, 0.717) is 0 Å². The Hall–Kier alpha value is -0.500. The molecule has 0 aliphatic heterocycles. The van der Waals surface area contributed by atoms with Gasteiger partial charge in [0.05, 0.1) is 0 Å². The number of hydrogen-bond acceptors (Lipinski definition) is 1. The minimum Gasteiger partial charge on any atom is -0.271 e. The zero-order valence-electron chi connectivity index (χ0n) is 7.31. The Kier molecular flexibility index (Phi) is 2.09. The molecular weight excluding hydrogens is 172 g/mol. The van der Waals surface area contributed by atoms with Gasteiger partial charge in [0.15, 0.2) is 5.15 Å². The fraction of sp³-hybridized carbons (Fsp3) is 0.667. The van der Waals surface area contributed by atoms with E-state index in [4.69, 9.17) is 11.6 Å². The molecule has 0 atom stereocenters. The first-order chi connectivity index (χ1) is 5.79. The summed E-state index contributed by atoms with van der Waals surface area (Å²) in [6.07, 6.45) is 6.12. The molecule has 1 aromatic heterocycles. The van der Waals surface area contributed by atoms with Crippen LogP contribution in [0.4, 0.5) is 0 Å². The predicted molar refractivity (Wildman–Crippen MR) is 49.5 cm³/mol. The summed E-state index contributed by atoms with van der Waals surface area (Å²) in [4.78, 5) is 0. The summed E-state index contributed by atoms with van der Waals surface area (Å²) >= 11 is 6.00. The van der Waals surface area contributed by atoms with E-state index in [0.717, 1.165) is 18.0 Å². The Labute approximate surface area is 77.5 Å². The summed E-state index contributed by atoms with van der Waals surface area (Å²) in [7, 11) is 1.98. The largest absolute Gasteiger partial charge is 0.271 e. The van der Waals surface area contributed by atoms with Crippen LogP contribution in [-0.4, -0.2) is 9.78 Å². The van der Waals surface area contributed by atoms with E-state index in [1.807, 2.05) is 11.7 Å². The molecule has 0 fully saturated rings. The predicted octanol–water partition coefficient (Wildman–Crippen LogP) is 2.34. The van der Waals surface area contributed by atoms with Gasteiger partial charge in [0.2, 0.25) is 0 Å². The second kappa shape index (κ2) is 3.09. The van der Waals surface area contributed by atoms with Crippen LogP contribution in [0.15, 0.2) is 0 Å². The highest BCUT2D eigenvalue weighted by molar-refractivity contribution is 6.30. The number of rotatable bonds is 0. The van der Waals surface area contributed by atoms with E-state index >= 15 is 0 Å².